The second-order valence-corrected chi connectivity index (χ2v) is 12.9. The van der Waals surface area contributed by atoms with Gasteiger partial charge in [-0.1, -0.05) is 6.42 Å². The summed E-state index contributed by atoms with van der Waals surface area (Å²) in [5, 5.41) is 12.8. The number of hydrogen-bond acceptors (Lipinski definition) is 7. The monoisotopic (exact) mass is 657 g/mol. The molecule has 220 valence electrons. The van der Waals surface area contributed by atoms with Crippen molar-refractivity contribution in [1.29, 1.82) is 0 Å². The van der Waals surface area contributed by atoms with E-state index in [0.29, 0.717) is 23.1 Å². The van der Waals surface area contributed by atoms with Gasteiger partial charge in [-0.2, -0.15) is 5.10 Å². The predicted molar refractivity (Wildman–Crippen MR) is 163 cm³/mol. The molecule has 0 spiro atoms. The fraction of sp³-hybridized carbons (Fsp3) is 0.333. The van der Waals surface area contributed by atoms with Crippen LogP contribution >= 0.6 is 15.9 Å². The van der Waals surface area contributed by atoms with Crippen LogP contribution in [0.1, 0.15) is 30.8 Å². The van der Waals surface area contributed by atoms with E-state index in [9.17, 15) is 13.0 Å². The number of ether oxygens (including phenoxy) is 1. The van der Waals surface area contributed by atoms with Crippen LogP contribution in [-0.4, -0.2) is 49.3 Å². The van der Waals surface area contributed by atoms with Gasteiger partial charge in [0.1, 0.15) is 28.9 Å². The molecular formula is C30H30BrF2N5O3S. The molecule has 42 heavy (non-hydrogen) atoms. The van der Waals surface area contributed by atoms with E-state index in [1.165, 1.54) is 31.4 Å². The third kappa shape index (κ3) is 6.35. The number of nitrogens with zero attached hydrogens (tertiary/aromatic N) is 4. The molecule has 12 heteroatoms. The number of nitrogens with one attached hydrogen (secondary N) is 1. The average Bonchev–Trinajstić information content (AvgIpc) is 3.50. The minimum Gasteiger partial charge on any atom is -0.491 e. The molecule has 0 saturated carbocycles. The Morgan fingerprint density at radius 2 is 1.81 bits per heavy atom. The molecule has 3 aromatic heterocycles. The minimum absolute atomic E-state index is 0.220. The molecule has 0 amide bonds. The topological polar surface area (TPSA) is 85.4 Å². The number of halogens is 3. The Kier molecular flexibility index (Phi) is 8.55. The Bertz CT molecular complexity index is 1750. The first kappa shape index (κ1) is 28.8. The van der Waals surface area contributed by atoms with Crippen LogP contribution in [0.25, 0.3) is 21.8 Å². The summed E-state index contributed by atoms with van der Waals surface area (Å²) in [6, 6.07) is 10.9. The standard InChI is InChI=1S/C30H30BrF2N5O3S/c1-37-26-15-25(31)28(40-9-10-42(39)18-23-6-5-22(41-23)17-38-7-3-2-4-8-38)14-24(26)29-27(37)16-34-36-30(29)35-21-12-19(32)11-20(33)13-21/h5-6,11-16H,2-4,7-10,17-18H2,1H3,(H,35,36). The van der Waals surface area contributed by atoms with Gasteiger partial charge in [-0.25, -0.2) is 8.78 Å². The normalized spacial score (nSPS) is 15.0. The number of hydrogen-bond donors (Lipinski definition) is 1. The van der Waals surface area contributed by atoms with Crippen molar-refractivity contribution in [1.82, 2.24) is 19.7 Å². The molecule has 1 N–H and O–H groups in total. The average molecular weight is 659 g/mol. The van der Waals surface area contributed by atoms with Gasteiger partial charge in [0.05, 0.1) is 51.7 Å². The van der Waals surface area contributed by atoms with Crippen LogP contribution in [-0.2, 0) is 30.1 Å². The van der Waals surface area contributed by atoms with Gasteiger partial charge in [0.2, 0.25) is 0 Å². The third-order valence-electron chi connectivity index (χ3n) is 7.42. The largest absolute Gasteiger partial charge is 0.491 e. The molecule has 0 aliphatic carbocycles. The van der Waals surface area contributed by atoms with Crippen LogP contribution in [0.15, 0.2) is 57.6 Å². The molecule has 1 aliphatic heterocycles. The van der Waals surface area contributed by atoms with E-state index in [1.807, 2.05) is 35.9 Å². The maximum absolute atomic E-state index is 13.8. The number of furan rings is 1. The molecular weight excluding hydrogens is 628 g/mol. The summed E-state index contributed by atoms with van der Waals surface area (Å²) >= 11 is 3.60. The molecule has 1 fully saturated rings. The predicted octanol–water partition coefficient (Wildman–Crippen LogP) is 6.81. The quantitative estimate of drug-likeness (QED) is 0.177. The lowest BCUT2D eigenvalue weighted by Crippen LogP contribution is -2.28. The van der Waals surface area contributed by atoms with E-state index in [4.69, 9.17) is 9.15 Å². The highest BCUT2D eigenvalue weighted by Crippen LogP contribution is 2.38. The Hall–Kier alpha value is -3.35. The van der Waals surface area contributed by atoms with Crippen molar-refractivity contribution in [3.63, 3.8) is 0 Å². The van der Waals surface area contributed by atoms with Crippen molar-refractivity contribution in [2.75, 3.05) is 30.8 Å². The van der Waals surface area contributed by atoms with Crippen molar-refractivity contribution in [2.45, 2.75) is 31.6 Å². The zero-order chi connectivity index (χ0) is 29.2. The second kappa shape index (κ2) is 12.5. The number of rotatable bonds is 10. The summed E-state index contributed by atoms with van der Waals surface area (Å²) in [6.45, 7) is 3.23. The van der Waals surface area contributed by atoms with Crippen LogP contribution in [0.4, 0.5) is 20.3 Å². The summed E-state index contributed by atoms with van der Waals surface area (Å²) < 4.78 is 55.2. The number of anilines is 2. The fourth-order valence-electron chi connectivity index (χ4n) is 5.41. The summed E-state index contributed by atoms with van der Waals surface area (Å²) in [7, 11) is 0.742. The van der Waals surface area contributed by atoms with Gasteiger partial charge in [0.25, 0.3) is 0 Å². The van der Waals surface area contributed by atoms with Gasteiger partial charge in [-0.3, -0.25) is 9.11 Å². The Balaban J connectivity index is 1.15. The molecule has 6 rings (SSSR count). The molecule has 4 heterocycles. The SMILES string of the molecule is Cn1c2cc(Br)c(OCCS(=O)Cc3ccc(CN4CCCCC4)o3)cc2c2c(Nc3cc(F)cc(F)c3)nncc21. The molecule has 1 aliphatic rings. The number of likely N-dealkylation sites (tertiary alicyclic amines) is 1. The maximum atomic E-state index is 13.8. The highest BCUT2D eigenvalue weighted by atomic mass is 79.9. The Morgan fingerprint density at radius 1 is 1.05 bits per heavy atom. The summed E-state index contributed by atoms with van der Waals surface area (Å²) in [6.07, 6.45) is 5.38. The van der Waals surface area contributed by atoms with E-state index < -0.39 is 22.4 Å². The first-order valence-corrected chi connectivity index (χ1v) is 16.1. The number of aromatic nitrogens is 3. The van der Waals surface area contributed by atoms with Crippen molar-refractivity contribution in [2.24, 2.45) is 7.05 Å². The molecule has 0 radical (unpaired) electrons. The van der Waals surface area contributed by atoms with E-state index in [0.717, 1.165) is 63.5 Å². The van der Waals surface area contributed by atoms with Crippen molar-refractivity contribution >= 4 is 60.0 Å². The third-order valence-corrected chi connectivity index (χ3v) is 9.26. The first-order valence-electron chi connectivity index (χ1n) is 13.8. The van der Waals surface area contributed by atoms with Gasteiger partial charge < -0.3 is 19.0 Å². The fourth-order valence-corrected chi connectivity index (χ4v) is 6.74. The Morgan fingerprint density at radius 3 is 2.60 bits per heavy atom. The number of benzene rings is 2. The molecule has 1 unspecified atom stereocenters. The van der Waals surface area contributed by atoms with Crippen LogP contribution in [0, 0.1) is 11.6 Å². The van der Waals surface area contributed by atoms with Crippen LogP contribution < -0.4 is 10.1 Å². The van der Waals surface area contributed by atoms with E-state index >= 15 is 0 Å². The summed E-state index contributed by atoms with van der Waals surface area (Å²) in [5.74, 6) is 1.85. The van der Waals surface area contributed by atoms with Gasteiger partial charge in [-0.15, -0.1) is 5.10 Å². The molecule has 2 aromatic carbocycles. The van der Waals surface area contributed by atoms with Gasteiger partial charge in [0, 0.05) is 35.0 Å². The molecule has 8 nitrogen and oxygen atoms in total. The lowest BCUT2D eigenvalue weighted by molar-refractivity contribution is 0.204. The first-order chi connectivity index (χ1) is 20.3. The summed E-state index contributed by atoms with van der Waals surface area (Å²) in [5.41, 5.74) is 1.88. The molecule has 1 atom stereocenters. The smallest absolute Gasteiger partial charge is 0.163 e. The van der Waals surface area contributed by atoms with Crippen LogP contribution in [0.2, 0.25) is 0 Å². The van der Waals surface area contributed by atoms with E-state index in [1.54, 1.807) is 6.20 Å². The highest BCUT2D eigenvalue weighted by Gasteiger charge is 2.18. The lowest BCUT2D eigenvalue weighted by atomic mass is 10.1. The second-order valence-electron chi connectivity index (χ2n) is 10.4. The molecule has 5 aromatic rings. The number of piperidine rings is 1. The maximum Gasteiger partial charge on any atom is 0.163 e. The zero-order valence-corrected chi connectivity index (χ0v) is 25.4. The van der Waals surface area contributed by atoms with E-state index in [2.05, 4.69) is 36.3 Å². The summed E-state index contributed by atoms with van der Waals surface area (Å²) in [4.78, 5) is 2.40. The highest BCUT2D eigenvalue weighted by molar-refractivity contribution is 9.10. The van der Waals surface area contributed by atoms with Crippen LogP contribution in [0.5, 0.6) is 5.75 Å². The van der Waals surface area contributed by atoms with Gasteiger partial charge in [0.15, 0.2) is 5.82 Å². The molecule has 1 saturated heterocycles. The molecule has 0 bridgehead atoms. The van der Waals surface area contributed by atoms with Crippen LogP contribution in [0.3, 0.4) is 0 Å². The zero-order valence-electron chi connectivity index (χ0n) is 23.0. The van der Waals surface area contributed by atoms with E-state index in [-0.39, 0.29) is 12.3 Å². The number of fused-ring (bicyclic) bond motifs is 3. The van der Waals surface area contributed by atoms with Gasteiger partial charge in [-0.05, 0) is 78.3 Å². The van der Waals surface area contributed by atoms with Crippen molar-refractivity contribution < 1.29 is 22.1 Å². The van der Waals surface area contributed by atoms with Crippen molar-refractivity contribution in [3.05, 3.63) is 76.3 Å². The van der Waals surface area contributed by atoms with Gasteiger partial charge >= 0.3 is 0 Å². The number of aryl methyl sites for hydroxylation is 1. The van der Waals surface area contributed by atoms with Crippen molar-refractivity contribution in [3.8, 4) is 5.75 Å². The lowest BCUT2D eigenvalue weighted by Gasteiger charge is -2.25. The minimum atomic E-state index is -1.16. The Labute approximate surface area is 252 Å².